The van der Waals surface area contributed by atoms with Crippen LogP contribution in [0.4, 0.5) is 11.4 Å². The highest BCUT2D eigenvalue weighted by Gasteiger charge is 2.24. The monoisotopic (exact) mass is 396 g/mol. The van der Waals surface area contributed by atoms with Gasteiger partial charge < -0.3 is 15.4 Å². The van der Waals surface area contributed by atoms with Crippen LogP contribution >= 0.6 is 11.6 Å². The highest BCUT2D eigenvalue weighted by Crippen LogP contribution is 2.32. The van der Waals surface area contributed by atoms with Crippen LogP contribution in [-0.4, -0.2) is 27.7 Å². The van der Waals surface area contributed by atoms with Gasteiger partial charge in [-0.05, 0) is 50.2 Å². The molecule has 0 saturated heterocycles. The molecular formula is C20H17ClN4O3. The van der Waals surface area contributed by atoms with E-state index in [-0.39, 0.29) is 17.5 Å². The van der Waals surface area contributed by atoms with Gasteiger partial charge in [0.25, 0.3) is 11.8 Å². The number of hydrogen-bond acceptors (Lipinski definition) is 4. The maximum Gasteiger partial charge on any atom is 0.276 e. The van der Waals surface area contributed by atoms with Crippen molar-refractivity contribution in [2.45, 2.75) is 20.0 Å². The van der Waals surface area contributed by atoms with Gasteiger partial charge in [-0.25, -0.2) is 4.68 Å². The topological polar surface area (TPSA) is 85.2 Å². The number of para-hydroxylation sites is 1. The SMILES string of the molecule is Cc1cc(C(=O)Nc2ccc3c(c2)NC(=O)[C@@H](C)O3)nn1-c1ccccc1Cl. The van der Waals surface area contributed by atoms with Crippen LogP contribution < -0.4 is 15.4 Å². The second-order valence-corrected chi connectivity index (χ2v) is 6.86. The summed E-state index contributed by atoms with van der Waals surface area (Å²) in [5.74, 6) is -0.0423. The summed E-state index contributed by atoms with van der Waals surface area (Å²) in [7, 11) is 0. The van der Waals surface area contributed by atoms with Crippen molar-refractivity contribution in [1.82, 2.24) is 9.78 Å². The Hall–Kier alpha value is -3.32. The minimum absolute atomic E-state index is 0.231. The number of carbonyl (C=O) groups excluding carboxylic acids is 2. The Morgan fingerprint density at radius 1 is 1.25 bits per heavy atom. The molecule has 0 unspecified atom stereocenters. The fourth-order valence-electron chi connectivity index (χ4n) is 2.93. The number of benzene rings is 2. The molecule has 2 N–H and O–H groups in total. The second-order valence-electron chi connectivity index (χ2n) is 6.45. The minimum atomic E-state index is -0.551. The normalized spacial score (nSPS) is 15.4. The summed E-state index contributed by atoms with van der Waals surface area (Å²) in [6.45, 7) is 3.52. The third-order valence-corrected chi connectivity index (χ3v) is 4.69. The van der Waals surface area contributed by atoms with E-state index >= 15 is 0 Å². The van der Waals surface area contributed by atoms with E-state index in [2.05, 4.69) is 15.7 Å². The summed E-state index contributed by atoms with van der Waals surface area (Å²) in [6.07, 6.45) is -0.551. The minimum Gasteiger partial charge on any atom is -0.479 e. The Balaban J connectivity index is 1.57. The molecule has 0 radical (unpaired) electrons. The lowest BCUT2D eigenvalue weighted by molar-refractivity contribution is -0.122. The number of carbonyl (C=O) groups is 2. The highest BCUT2D eigenvalue weighted by atomic mass is 35.5. The Kier molecular flexibility index (Phi) is 4.52. The number of aromatic nitrogens is 2. The molecule has 142 valence electrons. The predicted molar refractivity (Wildman–Crippen MR) is 106 cm³/mol. The van der Waals surface area contributed by atoms with E-state index in [1.165, 1.54) is 0 Å². The van der Waals surface area contributed by atoms with Gasteiger partial charge in [0.2, 0.25) is 0 Å². The summed E-state index contributed by atoms with van der Waals surface area (Å²) in [4.78, 5) is 24.4. The van der Waals surface area contributed by atoms with E-state index in [4.69, 9.17) is 16.3 Å². The first-order valence-electron chi connectivity index (χ1n) is 8.67. The van der Waals surface area contributed by atoms with Gasteiger partial charge in [0, 0.05) is 11.4 Å². The summed E-state index contributed by atoms with van der Waals surface area (Å²) >= 11 is 6.23. The molecule has 1 aliphatic heterocycles. The number of rotatable bonds is 3. The van der Waals surface area contributed by atoms with E-state index in [0.717, 1.165) is 5.69 Å². The Morgan fingerprint density at radius 3 is 2.82 bits per heavy atom. The molecule has 28 heavy (non-hydrogen) atoms. The number of ether oxygens (including phenoxy) is 1. The largest absolute Gasteiger partial charge is 0.479 e. The van der Waals surface area contributed by atoms with Crippen LogP contribution in [0, 0.1) is 6.92 Å². The van der Waals surface area contributed by atoms with E-state index in [9.17, 15) is 9.59 Å². The number of anilines is 2. The average Bonchev–Trinajstić information content (AvgIpc) is 3.05. The smallest absolute Gasteiger partial charge is 0.276 e. The first-order valence-corrected chi connectivity index (χ1v) is 9.04. The number of amides is 2. The van der Waals surface area contributed by atoms with Gasteiger partial charge in [0.05, 0.1) is 16.4 Å². The molecule has 2 aromatic carbocycles. The number of nitrogens with zero attached hydrogens (tertiary/aromatic N) is 2. The third-order valence-electron chi connectivity index (χ3n) is 4.37. The standard InChI is InChI=1S/C20H17ClN4O3/c1-11-9-16(24-25(11)17-6-4-3-5-14(17)21)20(27)22-13-7-8-18-15(10-13)23-19(26)12(2)28-18/h3-10,12H,1-2H3,(H,22,27)(H,23,26)/t12-/m1/s1. The van der Waals surface area contributed by atoms with Gasteiger partial charge in [0.15, 0.2) is 11.8 Å². The average molecular weight is 397 g/mol. The Labute approximate surface area is 166 Å². The molecule has 3 aromatic rings. The molecule has 2 amide bonds. The van der Waals surface area contributed by atoms with Crippen molar-refractivity contribution >= 4 is 34.8 Å². The zero-order valence-corrected chi connectivity index (χ0v) is 15.9. The van der Waals surface area contributed by atoms with Crippen molar-refractivity contribution < 1.29 is 14.3 Å². The van der Waals surface area contributed by atoms with Crippen molar-refractivity contribution in [3.05, 3.63) is 64.9 Å². The molecule has 2 heterocycles. The van der Waals surface area contributed by atoms with Crippen LogP contribution in [0.15, 0.2) is 48.5 Å². The van der Waals surface area contributed by atoms with Gasteiger partial charge in [0.1, 0.15) is 5.75 Å². The second kappa shape index (κ2) is 7.01. The van der Waals surface area contributed by atoms with Gasteiger partial charge in [-0.15, -0.1) is 0 Å². The van der Waals surface area contributed by atoms with Gasteiger partial charge >= 0.3 is 0 Å². The van der Waals surface area contributed by atoms with Gasteiger partial charge in [-0.3, -0.25) is 9.59 Å². The zero-order chi connectivity index (χ0) is 19.8. The van der Waals surface area contributed by atoms with Crippen molar-refractivity contribution in [2.75, 3.05) is 10.6 Å². The molecule has 0 saturated carbocycles. The van der Waals surface area contributed by atoms with E-state index in [0.29, 0.717) is 27.8 Å². The quantitative estimate of drug-likeness (QED) is 0.705. The first-order chi connectivity index (χ1) is 13.4. The van der Waals surface area contributed by atoms with Crippen molar-refractivity contribution in [3.8, 4) is 11.4 Å². The van der Waals surface area contributed by atoms with Crippen molar-refractivity contribution in [1.29, 1.82) is 0 Å². The van der Waals surface area contributed by atoms with Crippen molar-refractivity contribution in [3.63, 3.8) is 0 Å². The van der Waals surface area contributed by atoms with E-state index in [1.54, 1.807) is 41.9 Å². The van der Waals surface area contributed by atoms with Crippen molar-refractivity contribution in [2.24, 2.45) is 0 Å². The molecule has 7 nitrogen and oxygen atoms in total. The maximum atomic E-state index is 12.6. The third kappa shape index (κ3) is 3.32. The molecule has 0 aliphatic carbocycles. The zero-order valence-electron chi connectivity index (χ0n) is 15.2. The molecule has 0 spiro atoms. The number of fused-ring (bicyclic) bond motifs is 1. The molecule has 4 rings (SSSR count). The van der Waals surface area contributed by atoms with Crippen LogP contribution in [0.1, 0.15) is 23.1 Å². The predicted octanol–water partition coefficient (Wildman–Crippen LogP) is 3.81. The van der Waals surface area contributed by atoms with Crippen LogP contribution in [0.5, 0.6) is 5.75 Å². The molecular weight excluding hydrogens is 380 g/mol. The highest BCUT2D eigenvalue weighted by molar-refractivity contribution is 6.32. The molecule has 8 heteroatoms. The molecule has 0 bridgehead atoms. The van der Waals surface area contributed by atoms with Crippen LogP contribution in [0.3, 0.4) is 0 Å². The molecule has 1 atom stereocenters. The molecule has 1 aliphatic rings. The lowest BCUT2D eigenvalue weighted by Gasteiger charge is -2.23. The number of nitrogens with one attached hydrogen (secondary N) is 2. The molecule has 0 fully saturated rings. The van der Waals surface area contributed by atoms with E-state index in [1.807, 2.05) is 25.1 Å². The van der Waals surface area contributed by atoms with E-state index < -0.39 is 6.10 Å². The Bertz CT molecular complexity index is 1090. The fourth-order valence-corrected chi connectivity index (χ4v) is 3.15. The first kappa shape index (κ1) is 18.1. The van der Waals surface area contributed by atoms with Crippen LogP contribution in [0.2, 0.25) is 5.02 Å². The number of hydrogen-bond donors (Lipinski definition) is 2. The molecule has 1 aromatic heterocycles. The van der Waals surface area contributed by atoms with Gasteiger partial charge in [-0.2, -0.15) is 5.10 Å². The van der Waals surface area contributed by atoms with Crippen LogP contribution in [0.25, 0.3) is 5.69 Å². The summed E-state index contributed by atoms with van der Waals surface area (Å²) < 4.78 is 7.14. The lowest BCUT2D eigenvalue weighted by atomic mass is 10.2. The summed E-state index contributed by atoms with van der Waals surface area (Å²) in [6, 6.07) is 14.0. The Morgan fingerprint density at radius 2 is 2.04 bits per heavy atom. The van der Waals surface area contributed by atoms with Gasteiger partial charge in [-0.1, -0.05) is 23.7 Å². The summed E-state index contributed by atoms with van der Waals surface area (Å²) in [5.41, 5.74) is 2.76. The fraction of sp³-hybridized carbons (Fsp3) is 0.150. The number of halogens is 1. The maximum absolute atomic E-state index is 12.6. The lowest BCUT2D eigenvalue weighted by Crippen LogP contribution is -2.34. The summed E-state index contributed by atoms with van der Waals surface area (Å²) in [5, 5.41) is 10.5. The van der Waals surface area contributed by atoms with Crippen LogP contribution in [-0.2, 0) is 4.79 Å². The number of aryl methyl sites for hydroxylation is 1.